The average Bonchev–Trinajstić information content (AvgIpc) is 3.69. The van der Waals surface area contributed by atoms with Gasteiger partial charge in [0.1, 0.15) is 5.52 Å². The quantitative estimate of drug-likeness (QED) is 0.220. The number of β-amino-alcohol motifs (C(OH)–C–C–N with tert-alkyl or cyclic N) is 1. The van der Waals surface area contributed by atoms with Crippen LogP contribution in [0.4, 0.5) is 23.7 Å². The number of carbonyl (C=O) groups is 1. The predicted molar refractivity (Wildman–Crippen MR) is 176 cm³/mol. The summed E-state index contributed by atoms with van der Waals surface area (Å²) in [5, 5.41) is 16.1. The van der Waals surface area contributed by atoms with Crippen LogP contribution in [0.3, 0.4) is 0 Å². The van der Waals surface area contributed by atoms with Crippen molar-refractivity contribution in [2.24, 2.45) is 0 Å². The van der Waals surface area contributed by atoms with E-state index < -0.39 is 40.2 Å². The van der Waals surface area contributed by atoms with E-state index in [-0.39, 0.29) is 22.0 Å². The van der Waals surface area contributed by atoms with E-state index in [1.807, 2.05) is 24.3 Å². The number of rotatable bonds is 6. The molecule has 1 fully saturated rings. The molecular formula is C35H28F3N7O4. The fourth-order valence-electron chi connectivity index (χ4n) is 6.06. The van der Waals surface area contributed by atoms with Gasteiger partial charge >= 0.3 is 17.9 Å². The molecule has 3 N–H and O–H groups in total. The summed E-state index contributed by atoms with van der Waals surface area (Å²) in [6.45, 7) is 2.04. The molecule has 1 unspecified atom stereocenters. The van der Waals surface area contributed by atoms with Crippen LogP contribution in [0.25, 0.3) is 39.0 Å². The number of aromatic nitrogens is 5. The monoisotopic (exact) mass is 667 g/mol. The molecule has 1 aliphatic rings. The number of likely N-dealkylation sites (tertiary alicyclic amines) is 1. The fourth-order valence-corrected chi connectivity index (χ4v) is 6.06. The van der Waals surface area contributed by atoms with Gasteiger partial charge in [-0.15, -0.1) is 0 Å². The van der Waals surface area contributed by atoms with Crippen LogP contribution >= 0.6 is 0 Å². The first-order valence-electron chi connectivity index (χ1n) is 15.3. The first-order valence-corrected chi connectivity index (χ1v) is 15.3. The third-order valence-corrected chi connectivity index (χ3v) is 8.39. The van der Waals surface area contributed by atoms with Gasteiger partial charge in [-0.05, 0) is 59.0 Å². The van der Waals surface area contributed by atoms with Crippen molar-refractivity contribution in [1.82, 2.24) is 29.2 Å². The van der Waals surface area contributed by atoms with Crippen molar-refractivity contribution in [2.75, 3.05) is 18.4 Å². The highest BCUT2D eigenvalue weighted by molar-refractivity contribution is 5.93. The number of amides is 1. The molecular weight excluding hydrogens is 639 g/mol. The normalized spacial score (nSPS) is 15.1. The average molecular weight is 668 g/mol. The summed E-state index contributed by atoms with van der Waals surface area (Å²) in [4.78, 5) is 48.4. The van der Waals surface area contributed by atoms with E-state index in [2.05, 4.69) is 25.3 Å². The van der Waals surface area contributed by atoms with Gasteiger partial charge in [0.05, 0.1) is 11.8 Å². The van der Waals surface area contributed by atoms with Crippen LogP contribution in [0.2, 0.25) is 0 Å². The van der Waals surface area contributed by atoms with E-state index in [0.29, 0.717) is 24.2 Å². The Kier molecular flexibility index (Phi) is 8.18. The number of pyridine rings is 1. The molecule has 14 heteroatoms. The van der Waals surface area contributed by atoms with Crippen LogP contribution in [-0.2, 0) is 12.7 Å². The van der Waals surface area contributed by atoms with Crippen LogP contribution in [0, 0.1) is 0 Å². The summed E-state index contributed by atoms with van der Waals surface area (Å²) in [6, 6.07) is 23.1. The Hall–Kier alpha value is -5.86. The molecule has 0 aliphatic carbocycles. The summed E-state index contributed by atoms with van der Waals surface area (Å²) < 4.78 is 43.3. The number of nitrogens with one attached hydrogen (secondary N) is 2. The molecule has 248 valence electrons. The van der Waals surface area contributed by atoms with Crippen molar-refractivity contribution in [3.8, 4) is 27.9 Å². The van der Waals surface area contributed by atoms with Crippen molar-refractivity contribution in [1.29, 1.82) is 0 Å². The number of benzene rings is 3. The summed E-state index contributed by atoms with van der Waals surface area (Å²) in [6.07, 6.45) is -1.50. The Morgan fingerprint density at radius 2 is 1.73 bits per heavy atom. The lowest BCUT2D eigenvalue weighted by Gasteiger charge is -2.18. The number of carbonyl (C=O) groups excluding carboxylic acids is 1. The molecule has 6 aromatic rings. The number of aliphatic hydroxyl groups is 1. The largest absolute Gasteiger partial charge is 0.437 e. The van der Waals surface area contributed by atoms with Crippen LogP contribution < -0.4 is 16.6 Å². The van der Waals surface area contributed by atoms with Gasteiger partial charge in [0.15, 0.2) is 11.2 Å². The molecule has 49 heavy (non-hydrogen) atoms. The van der Waals surface area contributed by atoms with Crippen LogP contribution in [0.5, 0.6) is 0 Å². The zero-order chi connectivity index (χ0) is 34.3. The van der Waals surface area contributed by atoms with E-state index >= 15 is 0 Å². The highest BCUT2D eigenvalue weighted by Crippen LogP contribution is 2.33. The van der Waals surface area contributed by atoms with E-state index in [1.165, 1.54) is 12.1 Å². The molecule has 7 rings (SSSR count). The Bertz CT molecular complexity index is 2300. The Morgan fingerprint density at radius 3 is 2.45 bits per heavy atom. The second-order valence-corrected chi connectivity index (χ2v) is 11.7. The number of H-pyrrole nitrogens is 1. The van der Waals surface area contributed by atoms with Crippen LogP contribution in [-0.4, -0.2) is 59.5 Å². The Balaban J connectivity index is 1.22. The first-order chi connectivity index (χ1) is 23.6. The van der Waals surface area contributed by atoms with Gasteiger partial charge in [-0.3, -0.25) is 14.7 Å². The number of hydrogen-bond donors (Lipinski definition) is 3. The number of aromatic amines is 1. The molecule has 0 spiro atoms. The summed E-state index contributed by atoms with van der Waals surface area (Å²) >= 11 is 0. The SMILES string of the molecule is O=C(Nc1ccc(-c2ccccc2CN2CCC(O)C2)cc1)n1c(=O)[nH]c2c(C(F)(F)F)nn(-c3cccc(-c4cccnc4)c3)c2c1=O. The van der Waals surface area contributed by atoms with Crippen molar-refractivity contribution in [3.63, 3.8) is 0 Å². The van der Waals surface area contributed by atoms with Crippen molar-refractivity contribution in [2.45, 2.75) is 25.2 Å². The van der Waals surface area contributed by atoms with Gasteiger partial charge in [-0.2, -0.15) is 22.8 Å². The zero-order valence-corrected chi connectivity index (χ0v) is 25.7. The van der Waals surface area contributed by atoms with E-state index in [4.69, 9.17) is 0 Å². The predicted octanol–water partition coefficient (Wildman–Crippen LogP) is 5.27. The lowest BCUT2D eigenvalue weighted by atomic mass is 9.99. The van der Waals surface area contributed by atoms with Crippen LogP contribution in [0.15, 0.2) is 107 Å². The van der Waals surface area contributed by atoms with E-state index in [9.17, 15) is 32.7 Å². The number of fused-ring (bicyclic) bond motifs is 1. The third-order valence-electron chi connectivity index (χ3n) is 8.39. The molecule has 0 bridgehead atoms. The van der Waals surface area contributed by atoms with Gasteiger partial charge in [-0.25, -0.2) is 14.3 Å². The molecule has 1 atom stereocenters. The van der Waals surface area contributed by atoms with Gasteiger partial charge in [0.25, 0.3) is 5.56 Å². The highest BCUT2D eigenvalue weighted by atomic mass is 19.4. The Morgan fingerprint density at radius 1 is 0.959 bits per heavy atom. The molecule has 0 radical (unpaired) electrons. The van der Waals surface area contributed by atoms with Crippen LogP contribution in [0.1, 0.15) is 17.7 Å². The number of aliphatic hydroxyl groups excluding tert-OH is 1. The third kappa shape index (κ3) is 6.26. The molecule has 4 heterocycles. The lowest BCUT2D eigenvalue weighted by molar-refractivity contribution is -0.140. The van der Waals surface area contributed by atoms with Gasteiger partial charge in [0, 0.05) is 43.3 Å². The maximum absolute atomic E-state index is 14.1. The minimum Gasteiger partial charge on any atom is -0.392 e. The Labute approximate surface area is 275 Å². The first kappa shape index (κ1) is 31.7. The molecule has 11 nitrogen and oxygen atoms in total. The topological polar surface area (TPSA) is 138 Å². The van der Waals surface area contributed by atoms with Crippen molar-refractivity contribution >= 4 is 22.8 Å². The molecule has 1 saturated heterocycles. The molecule has 0 saturated carbocycles. The van der Waals surface area contributed by atoms with Crippen molar-refractivity contribution < 1.29 is 23.1 Å². The lowest BCUT2D eigenvalue weighted by Crippen LogP contribution is -2.42. The second kappa shape index (κ2) is 12.6. The molecule has 1 aliphatic heterocycles. The van der Waals surface area contributed by atoms with Crippen molar-refractivity contribution in [3.05, 3.63) is 129 Å². The zero-order valence-electron chi connectivity index (χ0n) is 25.7. The maximum Gasteiger partial charge on any atom is 0.437 e. The standard InChI is InChI=1S/C35H28F3N7O4/c36-35(37,38)31-29-30(45(42-31)26-8-3-6-22(17-26)23-7-4-15-39-18-23)32(47)44(34(49)41-29)33(48)40-25-12-10-21(11-13-25)28-9-2-1-5-24(28)19-43-16-14-27(46)20-43/h1-13,15,17-18,27,46H,14,16,19-20H2,(H,40,48)(H,41,49). The second-order valence-electron chi connectivity index (χ2n) is 11.7. The number of hydrogen-bond acceptors (Lipinski definition) is 7. The maximum atomic E-state index is 14.1. The van der Waals surface area contributed by atoms with E-state index in [0.717, 1.165) is 34.3 Å². The van der Waals surface area contributed by atoms with E-state index in [1.54, 1.807) is 60.9 Å². The smallest absolute Gasteiger partial charge is 0.392 e. The number of halogens is 3. The molecule has 3 aromatic heterocycles. The minimum absolute atomic E-state index is 0.0924. The summed E-state index contributed by atoms with van der Waals surface area (Å²) in [5.74, 6) is 0. The summed E-state index contributed by atoms with van der Waals surface area (Å²) in [7, 11) is 0. The van der Waals surface area contributed by atoms with Gasteiger partial charge in [-0.1, -0.05) is 54.6 Å². The number of nitrogens with zero attached hydrogens (tertiary/aromatic N) is 5. The molecule has 1 amide bonds. The van der Waals surface area contributed by atoms with Gasteiger partial charge < -0.3 is 15.4 Å². The number of alkyl halides is 3. The highest BCUT2D eigenvalue weighted by Gasteiger charge is 2.39. The van der Waals surface area contributed by atoms with Gasteiger partial charge in [0.2, 0.25) is 0 Å². The fraction of sp³-hybridized carbons (Fsp3) is 0.171. The number of anilines is 1. The molecule has 3 aromatic carbocycles. The summed E-state index contributed by atoms with van der Waals surface area (Å²) in [5.41, 5.74) is -1.15. The minimum atomic E-state index is -5.02.